The fourth-order valence-electron chi connectivity index (χ4n) is 4.60. The van der Waals surface area contributed by atoms with Crippen LogP contribution in [0.5, 0.6) is 0 Å². The molecule has 30 heavy (non-hydrogen) atoms. The largest absolute Gasteiger partial charge is 0.334 e. The van der Waals surface area contributed by atoms with Crippen LogP contribution in [0.1, 0.15) is 34.6 Å². The predicted molar refractivity (Wildman–Crippen MR) is 108 cm³/mol. The van der Waals surface area contributed by atoms with E-state index in [0.29, 0.717) is 24.7 Å². The minimum atomic E-state index is -0.573. The van der Waals surface area contributed by atoms with E-state index in [1.807, 2.05) is 19.9 Å². The smallest absolute Gasteiger partial charge is 0.259 e. The number of aryl methyl sites for hydroxylation is 2. The van der Waals surface area contributed by atoms with E-state index in [4.69, 9.17) is 0 Å². The summed E-state index contributed by atoms with van der Waals surface area (Å²) >= 11 is 0. The number of benzene rings is 1. The van der Waals surface area contributed by atoms with Gasteiger partial charge in [0.25, 0.3) is 5.91 Å². The number of carbonyl (C=O) groups excluding carboxylic acids is 1. The molecule has 8 nitrogen and oxygen atoms in total. The molecule has 3 aromatic rings. The van der Waals surface area contributed by atoms with Gasteiger partial charge < -0.3 is 9.80 Å². The molecular weight excluding hydrogens is 385 g/mol. The summed E-state index contributed by atoms with van der Waals surface area (Å²) in [5.74, 6) is -0.208. The highest BCUT2D eigenvalue weighted by atomic mass is 19.1. The summed E-state index contributed by atoms with van der Waals surface area (Å²) in [7, 11) is 0. The molecular formula is C21H22FN7O. The molecule has 2 aromatic heterocycles. The lowest BCUT2D eigenvalue weighted by atomic mass is 9.86. The van der Waals surface area contributed by atoms with Crippen molar-refractivity contribution in [2.75, 3.05) is 24.5 Å². The minimum Gasteiger partial charge on any atom is -0.334 e. The molecule has 0 saturated carbocycles. The Morgan fingerprint density at radius 2 is 1.80 bits per heavy atom. The maximum absolute atomic E-state index is 14.7. The molecule has 2 fully saturated rings. The van der Waals surface area contributed by atoms with Crippen molar-refractivity contribution in [2.45, 2.75) is 32.2 Å². The van der Waals surface area contributed by atoms with Crippen molar-refractivity contribution in [3.05, 3.63) is 59.4 Å². The van der Waals surface area contributed by atoms with E-state index < -0.39 is 5.82 Å². The average molecular weight is 407 g/mol. The molecule has 1 aromatic carbocycles. The van der Waals surface area contributed by atoms with Crippen molar-refractivity contribution >= 4 is 11.9 Å². The van der Waals surface area contributed by atoms with Gasteiger partial charge in [-0.1, -0.05) is 6.07 Å². The summed E-state index contributed by atoms with van der Waals surface area (Å²) in [4.78, 5) is 27.6. The third-order valence-electron chi connectivity index (χ3n) is 5.91. The molecule has 2 aliphatic rings. The van der Waals surface area contributed by atoms with Crippen LogP contribution >= 0.6 is 0 Å². The van der Waals surface area contributed by atoms with E-state index in [1.165, 1.54) is 23.3 Å². The Labute approximate surface area is 173 Å². The normalized spacial score (nSPS) is 17.4. The lowest BCUT2D eigenvalue weighted by Gasteiger charge is -2.52. The number of halogens is 1. The molecule has 0 atom stereocenters. The standard InChI is InChI=1S/C21H22FN7O/c1-14-11-15(2)26-20(25-14)28-10-4-7-21(28)12-27(13-21)19(30)18-16(22)5-3-6-17(18)29-23-8-9-24-29/h3,5-6,8-9,11H,4,7,10,12-13H2,1-2H3. The maximum Gasteiger partial charge on any atom is 0.259 e. The van der Waals surface area contributed by atoms with Crippen LogP contribution < -0.4 is 4.90 Å². The van der Waals surface area contributed by atoms with Gasteiger partial charge in [-0.3, -0.25) is 4.79 Å². The first-order valence-corrected chi connectivity index (χ1v) is 10.0. The summed E-state index contributed by atoms with van der Waals surface area (Å²) in [6, 6.07) is 6.45. The van der Waals surface area contributed by atoms with Crippen molar-refractivity contribution in [1.29, 1.82) is 0 Å². The van der Waals surface area contributed by atoms with Gasteiger partial charge in [0.2, 0.25) is 5.95 Å². The first kappa shape index (κ1) is 18.7. The van der Waals surface area contributed by atoms with Gasteiger partial charge in [0.15, 0.2) is 0 Å². The Balaban J connectivity index is 1.41. The van der Waals surface area contributed by atoms with Crippen LogP contribution in [0.4, 0.5) is 10.3 Å². The Morgan fingerprint density at radius 3 is 2.50 bits per heavy atom. The molecule has 0 aliphatic carbocycles. The second kappa shape index (κ2) is 6.86. The second-order valence-electron chi connectivity index (χ2n) is 8.04. The molecule has 4 heterocycles. The van der Waals surface area contributed by atoms with E-state index >= 15 is 0 Å². The van der Waals surface area contributed by atoms with Gasteiger partial charge in [-0.15, -0.1) is 0 Å². The Kier molecular flexibility index (Phi) is 4.27. The van der Waals surface area contributed by atoms with Crippen molar-refractivity contribution in [3.63, 3.8) is 0 Å². The van der Waals surface area contributed by atoms with E-state index in [-0.39, 0.29) is 17.0 Å². The third kappa shape index (κ3) is 2.92. The first-order valence-electron chi connectivity index (χ1n) is 10.0. The quantitative estimate of drug-likeness (QED) is 0.663. The van der Waals surface area contributed by atoms with Crippen LogP contribution in [0, 0.1) is 19.7 Å². The highest BCUT2D eigenvalue weighted by Crippen LogP contribution is 2.40. The molecule has 1 spiro atoms. The first-order chi connectivity index (χ1) is 14.5. The number of likely N-dealkylation sites (tertiary alicyclic amines) is 1. The molecule has 1 amide bonds. The van der Waals surface area contributed by atoms with Crippen LogP contribution in [-0.2, 0) is 0 Å². The number of aromatic nitrogens is 5. The van der Waals surface area contributed by atoms with Gasteiger partial charge in [-0.05, 0) is 44.9 Å². The van der Waals surface area contributed by atoms with E-state index in [0.717, 1.165) is 30.8 Å². The van der Waals surface area contributed by atoms with Crippen molar-refractivity contribution in [2.24, 2.45) is 0 Å². The highest BCUT2D eigenvalue weighted by molar-refractivity contribution is 5.98. The topological polar surface area (TPSA) is 80.0 Å². The fourth-order valence-corrected chi connectivity index (χ4v) is 4.60. The van der Waals surface area contributed by atoms with Gasteiger partial charge in [0.1, 0.15) is 17.1 Å². The van der Waals surface area contributed by atoms with E-state index in [9.17, 15) is 9.18 Å². The molecule has 5 rings (SSSR count). The molecule has 0 bridgehead atoms. The van der Waals surface area contributed by atoms with Crippen LogP contribution in [0.3, 0.4) is 0 Å². The Morgan fingerprint density at radius 1 is 1.10 bits per heavy atom. The lowest BCUT2D eigenvalue weighted by molar-refractivity contribution is 0.0413. The van der Waals surface area contributed by atoms with Gasteiger partial charge in [0, 0.05) is 31.0 Å². The van der Waals surface area contributed by atoms with Crippen LogP contribution in [0.15, 0.2) is 36.7 Å². The third-order valence-corrected chi connectivity index (χ3v) is 5.91. The highest BCUT2D eigenvalue weighted by Gasteiger charge is 2.53. The molecule has 0 N–H and O–H groups in total. The molecule has 154 valence electrons. The second-order valence-corrected chi connectivity index (χ2v) is 8.04. The van der Waals surface area contributed by atoms with Gasteiger partial charge in [-0.2, -0.15) is 15.0 Å². The lowest BCUT2D eigenvalue weighted by Crippen LogP contribution is -2.69. The zero-order chi connectivity index (χ0) is 20.9. The number of anilines is 1. The fraction of sp³-hybridized carbons (Fsp3) is 0.381. The van der Waals surface area contributed by atoms with Crippen molar-refractivity contribution < 1.29 is 9.18 Å². The number of nitrogens with zero attached hydrogens (tertiary/aromatic N) is 7. The van der Waals surface area contributed by atoms with Gasteiger partial charge in [0.05, 0.1) is 17.9 Å². The number of amides is 1. The summed E-state index contributed by atoms with van der Waals surface area (Å²) in [5.41, 5.74) is 2.00. The van der Waals surface area contributed by atoms with Gasteiger partial charge >= 0.3 is 0 Å². The molecule has 9 heteroatoms. The van der Waals surface area contributed by atoms with Crippen LogP contribution in [0.25, 0.3) is 5.69 Å². The minimum absolute atomic E-state index is 0.00394. The SMILES string of the molecule is Cc1cc(C)nc(N2CCCC23CN(C(=O)c2c(F)cccc2-n2nccn2)C3)n1. The van der Waals surface area contributed by atoms with E-state index in [1.54, 1.807) is 17.0 Å². The number of hydrogen-bond acceptors (Lipinski definition) is 6. The van der Waals surface area contributed by atoms with Crippen molar-refractivity contribution in [3.8, 4) is 5.69 Å². The molecule has 2 saturated heterocycles. The molecule has 0 unspecified atom stereocenters. The maximum atomic E-state index is 14.7. The zero-order valence-corrected chi connectivity index (χ0v) is 16.9. The summed E-state index contributed by atoms with van der Waals surface area (Å²) < 4.78 is 14.7. The Hall–Kier alpha value is -3.36. The summed E-state index contributed by atoms with van der Waals surface area (Å²) in [5, 5.41) is 8.11. The monoisotopic (exact) mass is 407 g/mol. The average Bonchev–Trinajstić information content (AvgIpc) is 3.35. The number of hydrogen-bond donors (Lipinski definition) is 0. The predicted octanol–water partition coefficient (Wildman–Crippen LogP) is 2.31. The van der Waals surface area contributed by atoms with E-state index in [2.05, 4.69) is 25.1 Å². The summed E-state index contributed by atoms with van der Waals surface area (Å²) in [6.07, 6.45) is 4.97. The van der Waals surface area contributed by atoms with Crippen LogP contribution in [0.2, 0.25) is 0 Å². The Bertz CT molecular complexity index is 1090. The number of rotatable bonds is 3. The van der Waals surface area contributed by atoms with Gasteiger partial charge in [-0.25, -0.2) is 14.4 Å². The molecule has 2 aliphatic heterocycles. The number of carbonyl (C=O) groups is 1. The van der Waals surface area contributed by atoms with Crippen LogP contribution in [-0.4, -0.2) is 60.9 Å². The summed E-state index contributed by atoms with van der Waals surface area (Å²) in [6.45, 7) is 5.80. The van der Waals surface area contributed by atoms with Crippen molar-refractivity contribution in [1.82, 2.24) is 29.9 Å². The molecule has 0 radical (unpaired) electrons. The zero-order valence-electron chi connectivity index (χ0n) is 16.9.